The molecule has 1 aromatic heterocycles. The van der Waals surface area contributed by atoms with Crippen LogP contribution in [0.15, 0.2) is 17.5 Å². The van der Waals surface area contributed by atoms with E-state index in [1.807, 2.05) is 17.5 Å². The normalized spacial score (nSPS) is 30.2. The van der Waals surface area contributed by atoms with E-state index in [2.05, 4.69) is 13.8 Å². The molecule has 16 heavy (non-hydrogen) atoms. The number of Topliss-reactive ketones (excluding diaryl/α,β-unsaturated/α-hetero) is 1. The van der Waals surface area contributed by atoms with Crippen molar-refractivity contribution in [3.8, 4) is 0 Å². The summed E-state index contributed by atoms with van der Waals surface area (Å²) in [5.74, 6) is 1.83. The Bertz CT molecular complexity index is 337. The first kappa shape index (κ1) is 11.8. The number of quaternary nitrogens is 1. The molecule has 1 N–H and O–H groups in total. The fraction of sp³-hybridized carbons (Fsp3) is 0.615. The van der Waals surface area contributed by atoms with Crippen LogP contribution in [0.4, 0.5) is 0 Å². The van der Waals surface area contributed by atoms with Crippen LogP contribution < -0.4 is 4.90 Å². The largest absolute Gasteiger partial charge is 0.328 e. The summed E-state index contributed by atoms with van der Waals surface area (Å²) in [6.45, 7) is 7.58. The van der Waals surface area contributed by atoms with Crippen molar-refractivity contribution < 1.29 is 9.69 Å². The Labute approximate surface area is 101 Å². The number of ketones is 1. The zero-order chi connectivity index (χ0) is 11.5. The van der Waals surface area contributed by atoms with E-state index < -0.39 is 0 Å². The molecule has 0 bridgehead atoms. The van der Waals surface area contributed by atoms with Crippen molar-refractivity contribution in [2.45, 2.75) is 20.3 Å². The van der Waals surface area contributed by atoms with Crippen molar-refractivity contribution in [1.82, 2.24) is 0 Å². The minimum Gasteiger partial charge on any atom is -0.328 e. The van der Waals surface area contributed by atoms with E-state index in [1.54, 1.807) is 11.3 Å². The Morgan fingerprint density at radius 2 is 2.12 bits per heavy atom. The lowest BCUT2D eigenvalue weighted by molar-refractivity contribution is -0.903. The molecule has 2 heterocycles. The van der Waals surface area contributed by atoms with Gasteiger partial charge in [-0.3, -0.25) is 4.79 Å². The summed E-state index contributed by atoms with van der Waals surface area (Å²) in [7, 11) is 0. The van der Waals surface area contributed by atoms with Gasteiger partial charge in [-0.2, -0.15) is 0 Å². The topological polar surface area (TPSA) is 21.5 Å². The van der Waals surface area contributed by atoms with E-state index in [0.29, 0.717) is 12.3 Å². The number of carbonyl (C=O) groups is 1. The molecule has 0 amide bonds. The number of nitrogens with one attached hydrogen (secondary N) is 1. The average molecular weight is 238 g/mol. The first-order chi connectivity index (χ1) is 7.65. The van der Waals surface area contributed by atoms with Gasteiger partial charge in [0.2, 0.25) is 5.78 Å². The summed E-state index contributed by atoms with van der Waals surface area (Å²) in [5, 5.41) is 1.98. The third kappa shape index (κ3) is 2.92. The standard InChI is InChI=1S/C13H19NOS/c1-10-6-11(2)8-14(7-10)9-12(15)13-4-3-5-16-13/h3-5,10-11H,6-9H2,1-2H3/p+1/t10-,11-/m1/s1. The molecule has 1 aromatic rings. The van der Waals surface area contributed by atoms with Crippen LogP contribution in [0.1, 0.15) is 29.9 Å². The van der Waals surface area contributed by atoms with Gasteiger partial charge in [-0.1, -0.05) is 19.9 Å². The third-order valence-electron chi connectivity index (χ3n) is 3.29. The van der Waals surface area contributed by atoms with E-state index in [1.165, 1.54) is 11.3 Å². The molecule has 2 atom stereocenters. The van der Waals surface area contributed by atoms with Gasteiger partial charge in [0.25, 0.3) is 0 Å². The summed E-state index contributed by atoms with van der Waals surface area (Å²) in [5.41, 5.74) is 0. The highest BCUT2D eigenvalue weighted by atomic mass is 32.1. The summed E-state index contributed by atoms with van der Waals surface area (Å²) in [4.78, 5) is 14.4. The molecule has 0 aliphatic carbocycles. The highest BCUT2D eigenvalue weighted by Crippen LogP contribution is 2.12. The number of carbonyl (C=O) groups excluding carboxylic acids is 1. The van der Waals surface area contributed by atoms with Crippen LogP contribution in [0.5, 0.6) is 0 Å². The van der Waals surface area contributed by atoms with Gasteiger partial charge < -0.3 is 4.90 Å². The van der Waals surface area contributed by atoms with E-state index in [-0.39, 0.29) is 0 Å². The van der Waals surface area contributed by atoms with Gasteiger partial charge >= 0.3 is 0 Å². The molecule has 2 rings (SSSR count). The second-order valence-corrected chi connectivity index (χ2v) is 6.13. The molecule has 1 fully saturated rings. The second-order valence-electron chi connectivity index (χ2n) is 5.18. The molecule has 0 spiro atoms. The minimum atomic E-state index is 0.311. The molecular formula is C13H20NOS+. The zero-order valence-corrected chi connectivity index (χ0v) is 10.8. The minimum absolute atomic E-state index is 0.311. The van der Waals surface area contributed by atoms with Crippen molar-refractivity contribution in [1.29, 1.82) is 0 Å². The highest BCUT2D eigenvalue weighted by Gasteiger charge is 2.27. The Morgan fingerprint density at radius 1 is 1.44 bits per heavy atom. The van der Waals surface area contributed by atoms with Crippen LogP contribution in [0, 0.1) is 11.8 Å². The smallest absolute Gasteiger partial charge is 0.226 e. The van der Waals surface area contributed by atoms with E-state index in [0.717, 1.165) is 29.8 Å². The van der Waals surface area contributed by atoms with Crippen molar-refractivity contribution >= 4 is 17.1 Å². The van der Waals surface area contributed by atoms with Gasteiger partial charge in [0.15, 0.2) is 0 Å². The molecular weight excluding hydrogens is 218 g/mol. The van der Waals surface area contributed by atoms with Crippen molar-refractivity contribution in [2.24, 2.45) is 11.8 Å². The molecule has 1 aliphatic rings. The number of piperidine rings is 1. The van der Waals surface area contributed by atoms with Crippen molar-refractivity contribution in [3.05, 3.63) is 22.4 Å². The van der Waals surface area contributed by atoms with Crippen molar-refractivity contribution in [3.63, 3.8) is 0 Å². The monoisotopic (exact) mass is 238 g/mol. The molecule has 0 unspecified atom stereocenters. The maximum atomic E-state index is 12.0. The predicted molar refractivity (Wildman–Crippen MR) is 67.2 cm³/mol. The van der Waals surface area contributed by atoms with E-state index in [9.17, 15) is 4.79 Å². The molecule has 0 saturated carbocycles. The quantitative estimate of drug-likeness (QED) is 0.792. The highest BCUT2D eigenvalue weighted by molar-refractivity contribution is 7.12. The SMILES string of the molecule is C[C@@H]1C[C@@H](C)C[NH+](CC(=O)c2cccs2)C1. The fourth-order valence-electron chi connectivity index (χ4n) is 2.82. The van der Waals surface area contributed by atoms with Crippen LogP contribution in [0.2, 0.25) is 0 Å². The van der Waals surface area contributed by atoms with Gasteiger partial charge in [-0.25, -0.2) is 0 Å². The van der Waals surface area contributed by atoms with Gasteiger partial charge in [0.05, 0.1) is 18.0 Å². The summed E-state index contributed by atoms with van der Waals surface area (Å²) >= 11 is 1.56. The van der Waals surface area contributed by atoms with Crippen LogP contribution in [-0.2, 0) is 0 Å². The number of thiophene rings is 1. The maximum absolute atomic E-state index is 12.0. The van der Waals surface area contributed by atoms with Gasteiger partial charge in [0, 0.05) is 11.8 Å². The van der Waals surface area contributed by atoms with Crippen LogP contribution >= 0.6 is 11.3 Å². The average Bonchev–Trinajstić information content (AvgIpc) is 2.68. The fourth-order valence-corrected chi connectivity index (χ4v) is 3.48. The van der Waals surface area contributed by atoms with E-state index in [4.69, 9.17) is 0 Å². The lowest BCUT2D eigenvalue weighted by Gasteiger charge is -2.31. The van der Waals surface area contributed by atoms with Crippen molar-refractivity contribution in [2.75, 3.05) is 19.6 Å². The molecule has 0 aromatic carbocycles. The summed E-state index contributed by atoms with van der Waals surface area (Å²) in [6.07, 6.45) is 1.32. The van der Waals surface area contributed by atoms with Gasteiger partial charge in [-0.15, -0.1) is 11.3 Å². The van der Waals surface area contributed by atoms with Crippen LogP contribution in [0.3, 0.4) is 0 Å². The summed E-state index contributed by atoms with van der Waals surface area (Å²) in [6, 6.07) is 3.89. The Hall–Kier alpha value is -0.670. The molecule has 88 valence electrons. The second kappa shape index (κ2) is 5.11. The molecule has 1 saturated heterocycles. The van der Waals surface area contributed by atoms with E-state index >= 15 is 0 Å². The Kier molecular flexibility index (Phi) is 3.77. The molecule has 0 radical (unpaired) electrons. The van der Waals surface area contributed by atoms with Crippen LogP contribution in [-0.4, -0.2) is 25.4 Å². The maximum Gasteiger partial charge on any atom is 0.226 e. The first-order valence-electron chi connectivity index (χ1n) is 6.05. The lowest BCUT2D eigenvalue weighted by Crippen LogP contribution is -3.15. The summed E-state index contributed by atoms with van der Waals surface area (Å²) < 4.78 is 0. The number of hydrogen-bond donors (Lipinski definition) is 1. The lowest BCUT2D eigenvalue weighted by atomic mass is 9.92. The number of rotatable bonds is 3. The Morgan fingerprint density at radius 3 is 2.69 bits per heavy atom. The van der Waals surface area contributed by atoms with Gasteiger partial charge in [-0.05, 0) is 17.9 Å². The van der Waals surface area contributed by atoms with Crippen LogP contribution in [0.25, 0.3) is 0 Å². The molecule has 1 aliphatic heterocycles. The third-order valence-corrected chi connectivity index (χ3v) is 4.20. The first-order valence-corrected chi connectivity index (χ1v) is 6.93. The zero-order valence-electron chi connectivity index (χ0n) is 10.0. The number of likely N-dealkylation sites (tertiary alicyclic amines) is 1. The predicted octanol–water partition coefficient (Wildman–Crippen LogP) is 1.49. The molecule has 3 heteroatoms. The molecule has 2 nitrogen and oxygen atoms in total. The van der Waals surface area contributed by atoms with Gasteiger partial charge in [0.1, 0.15) is 6.54 Å². The Balaban J connectivity index is 1.92. The number of hydrogen-bond acceptors (Lipinski definition) is 2.